The molecule has 0 saturated carbocycles. The zero-order valence-corrected chi connectivity index (χ0v) is 20.4. The van der Waals surface area contributed by atoms with Crippen molar-refractivity contribution < 1.29 is 23.8 Å². The third-order valence-corrected chi connectivity index (χ3v) is 5.55. The number of rotatable bonds is 4. The normalized spacial score (nSPS) is 19.2. The lowest BCUT2D eigenvalue weighted by Gasteiger charge is -2.45. The Morgan fingerprint density at radius 1 is 1.09 bits per heavy atom. The molecular weight excluding hydrogens is 432 g/mol. The summed E-state index contributed by atoms with van der Waals surface area (Å²) in [6, 6.07) is -0.553. The summed E-state index contributed by atoms with van der Waals surface area (Å²) in [5, 5.41) is 0. The van der Waals surface area contributed by atoms with Crippen molar-refractivity contribution in [3.63, 3.8) is 0 Å². The van der Waals surface area contributed by atoms with Crippen LogP contribution in [0.15, 0.2) is 4.79 Å². The van der Waals surface area contributed by atoms with Crippen LogP contribution in [0.2, 0.25) is 0 Å². The number of carbonyl (C=O) groups excluding carboxylic acids is 2. The van der Waals surface area contributed by atoms with E-state index >= 15 is 0 Å². The van der Waals surface area contributed by atoms with E-state index in [1.165, 1.54) is 16.2 Å². The van der Waals surface area contributed by atoms with Crippen LogP contribution in [0, 0.1) is 0 Å². The second-order valence-electron chi connectivity index (χ2n) is 9.18. The molecule has 0 unspecified atom stereocenters. The maximum absolute atomic E-state index is 12.8. The van der Waals surface area contributed by atoms with Gasteiger partial charge in [0.1, 0.15) is 16.8 Å². The minimum Gasteiger partial charge on any atom is -0.463 e. The van der Waals surface area contributed by atoms with Gasteiger partial charge in [0.15, 0.2) is 5.82 Å². The molecule has 0 N–H and O–H groups in total. The highest BCUT2D eigenvalue weighted by molar-refractivity contribution is 5.93. The molecule has 33 heavy (non-hydrogen) atoms. The number of fused-ring (bicyclic) bond motifs is 1. The molecule has 1 aliphatic heterocycles. The number of imidazole rings is 1. The SMILES string of the molecule is COC[C@H]1CN(C(=O)OC(C)(C)C)[C@H](C)CN1c1nc(=O)n(C)c2c1nc(C(=O)OC)n2C. The van der Waals surface area contributed by atoms with Crippen molar-refractivity contribution in [1.29, 1.82) is 0 Å². The van der Waals surface area contributed by atoms with Crippen molar-refractivity contribution in [2.24, 2.45) is 14.1 Å². The van der Waals surface area contributed by atoms with Gasteiger partial charge in [-0.3, -0.25) is 4.57 Å². The third-order valence-electron chi connectivity index (χ3n) is 5.55. The van der Waals surface area contributed by atoms with Crippen LogP contribution in [0.5, 0.6) is 0 Å². The summed E-state index contributed by atoms with van der Waals surface area (Å²) in [6.07, 6.45) is -0.413. The van der Waals surface area contributed by atoms with Crippen molar-refractivity contribution in [3.8, 4) is 0 Å². The fourth-order valence-corrected chi connectivity index (χ4v) is 4.01. The summed E-state index contributed by atoms with van der Waals surface area (Å²) in [5.74, 6) is -0.235. The predicted molar refractivity (Wildman–Crippen MR) is 121 cm³/mol. The Kier molecular flexibility index (Phi) is 6.68. The summed E-state index contributed by atoms with van der Waals surface area (Å²) < 4.78 is 18.7. The lowest BCUT2D eigenvalue weighted by Crippen LogP contribution is -2.61. The van der Waals surface area contributed by atoms with Crippen LogP contribution in [-0.4, -0.2) is 87.7 Å². The third kappa shape index (κ3) is 4.65. The van der Waals surface area contributed by atoms with E-state index in [4.69, 9.17) is 14.2 Å². The molecule has 2 aromatic heterocycles. The van der Waals surface area contributed by atoms with Gasteiger partial charge in [0.2, 0.25) is 5.82 Å². The summed E-state index contributed by atoms with van der Waals surface area (Å²) in [5.41, 5.74) is -0.291. The first-order valence-electron chi connectivity index (χ1n) is 10.7. The summed E-state index contributed by atoms with van der Waals surface area (Å²) in [6.45, 7) is 8.31. The van der Waals surface area contributed by atoms with E-state index < -0.39 is 23.4 Å². The van der Waals surface area contributed by atoms with Crippen LogP contribution < -0.4 is 10.6 Å². The number of hydrogen-bond donors (Lipinski definition) is 0. The van der Waals surface area contributed by atoms with E-state index in [-0.39, 0.29) is 24.5 Å². The predicted octanol–water partition coefficient (Wildman–Crippen LogP) is 0.914. The number of esters is 1. The monoisotopic (exact) mass is 464 g/mol. The van der Waals surface area contributed by atoms with Crippen molar-refractivity contribution >= 4 is 29.0 Å². The topological polar surface area (TPSA) is 121 Å². The zero-order chi connectivity index (χ0) is 24.7. The number of amides is 1. The Labute approximate surface area is 192 Å². The van der Waals surface area contributed by atoms with E-state index in [2.05, 4.69) is 9.97 Å². The molecule has 1 aliphatic rings. The highest BCUT2D eigenvalue weighted by atomic mass is 16.6. The van der Waals surface area contributed by atoms with Crippen molar-refractivity contribution in [3.05, 3.63) is 16.3 Å². The van der Waals surface area contributed by atoms with Gasteiger partial charge in [0.25, 0.3) is 0 Å². The first kappa shape index (κ1) is 24.5. The fourth-order valence-electron chi connectivity index (χ4n) is 4.01. The Balaban J connectivity index is 2.09. The molecule has 1 fully saturated rings. The Bertz CT molecular complexity index is 1120. The molecule has 0 spiro atoms. The molecular formula is C21H32N6O6. The van der Waals surface area contributed by atoms with E-state index in [1.807, 2.05) is 32.6 Å². The van der Waals surface area contributed by atoms with Gasteiger partial charge in [0, 0.05) is 40.3 Å². The average molecular weight is 465 g/mol. The van der Waals surface area contributed by atoms with E-state index in [0.29, 0.717) is 30.1 Å². The van der Waals surface area contributed by atoms with Crippen molar-refractivity contribution in [1.82, 2.24) is 24.0 Å². The average Bonchev–Trinajstić information content (AvgIpc) is 3.07. The van der Waals surface area contributed by atoms with Gasteiger partial charge in [0.05, 0.1) is 19.8 Å². The highest BCUT2D eigenvalue weighted by Crippen LogP contribution is 2.29. The number of ether oxygens (including phenoxy) is 3. The first-order chi connectivity index (χ1) is 15.4. The number of anilines is 1. The van der Waals surface area contributed by atoms with E-state index in [9.17, 15) is 14.4 Å². The quantitative estimate of drug-likeness (QED) is 0.608. The molecule has 1 amide bonds. The van der Waals surface area contributed by atoms with Crippen LogP contribution in [-0.2, 0) is 28.3 Å². The Morgan fingerprint density at radius 3 is 2.33 bits per heavy atom. The van der Waals surface area contributed by atoms with Gasteiger partial charge in [-0.1, -0.05) is 0 Å². The number of carbonyl (C=O) groups is 2. The van der Waals surface area contributed by atoms with Crippen molar-refractivity contribution in [2.75, 3.05) is 38.8 Å². The number of methoxy groups -OCH3 is 2. The van der Waals surface area contributed by atoms with Gasteiger partial charge >= 0.3 is 17.8 Å². The lowest BCUT2D eigenvalue weighted by atomic mass is 10.1. The van der Waals surface area contributed by atoms with Gasteiger partial charge in [-0.15, -0.1) is 0 Å². The lowest BCUT2D eigenvalue weighted by molar-refractivity contribution is 0.00894. The maximum atomic E-state index is 12.8. The molecule has 0 aromatic carbocycles. The molecule has 12 heteroatoms. The van der Waals surface area contributed by atoms with E-state index in [1.54, 1.807) is 26.1 Å². The largest absolute Gasteiger partial charge is 0.463 e. The van der Waals surface area contributed by atoms with Crippen molar-refractivity contribution in [2.45, 2.75) is 45.4 Å². The molecule has 0 aliphatic carbocycles. The number of aromatic nitrogens is 4. The summed E-state index contributed by atoms with van der Waals surface area (Å²) in [4.78, 5) is 50.1. The minimum atomic E-state index is -0.623. The van der Waals surface area contributed by atoms with Crippen LogP contribution in [0.3, 0.4) is 0 Å². The van der Waals surface area contributed by atoms with Gasteiger partial charge in [-0.05, 0) is 27.7 Å². The maximum Gasteiger partial charge on any atom is 0.410 e. The molecule has 3 rings (SSSR count). The van der Waals surface area contributed by atoms with Gasteiger partial charge in [-0.25, -0.2) is 19.4 Å². The highest BCUT2D eigenvalue weighted by Gasteiger charge is 2.38. The molecule has 2 aromatic rings. The number of aryl methyl sites for hydroxylation is 2. The number of nitrogens with zero attached hydrogens (tertiary/aromatic N) is 6. The summed E-state index contributed by atoms with van der Waals surface area (Å²) >= 11 is 0. The number of hydrogen-bond acceptors (Lipinski definition) is 9. The van der Waals surface area contributed by atoms with Crippen LogP contribution in [0.1, 0.15) is 38.3 Å². The Hall–Kier alpha value is -3.15. The minimum absolute atomic E-state index is 0.0560. The Morgan fingerprint density at radius 2 is 1.76 bits per heavy atom. The van der Waals surface area contributed by atoms with E-state index in [0.717, 1.165) is 0 Å². The van der Waals surface area contributed by atoms with Crippen LogP contribution in [0.4, 0.5) is 10.6 Å². The summed E-state index contributed by atoms with van der Waals surface area (Å²) in [7, 11) is 6.05. The van der Waals surface area contributed by atoms with Gasteiger partial charge in [-0.2, -0.15) is 4.98 Å². The van der Waals surface area contributed by atoms with Crippen LogP contribution >= 0.6 is 0 Å². The zero-order valence-electron chi connectivity index (χ0n) is 20.4. The fraction of sp³-hybridized carbons (Fsp3) is 0.667. The van der Waals surface area contributed by atoms with Gasteiger partial charge < -0.3 is 28.6 Å². The molecule has 2 atom stereocenters. The second-order valence-corrected chi connectivity index (χ2v) is 9.18. The first-order valence-corrected chi connectivity index (χ1v) is 10.7. The molecule has 0 bridgehead atoms. The smallest absolute Gasteiger partial charge is 0.410 e. The molecule has 0 radical (unpaired) electrons. The molecule has 12 nitrogen and oxygen atoms in total. The molecule has 3 heterocycles. The number of piperazine rings is 1. The van der Waals surface area contributed by atoms with Crippen LogP contribution in [0.25, 0.3) is 11.2 Å². The second kappa shape index (κ2) is 9.00. The molecule has 182 valence electrons. The standard InChI is InChI=1S/C21H32N6O6/c1-12-9-27(13(11-31-7)10-26(12)20(30)33-21(2,3)4)15-14-17(25(6)19(29)23-15)24(5)16(22-14)18(28)32-8/h12-13H,9-11H2,1-8H3/t12-,13-/m1/s1. The molecule has 1 saturated heterocycles.